The van der Waals surface area contributed by atoms with Crippen molar-refractivity contribution >= 4 is 10.9 Å². The topological polar surface area (TPSA) is 8.17 Å². The zero-order chi connectivity index (χ0) is 9.97. The average Bonchev–Trinajstić information content (AvgIpc) is 2.65. The summed E-state index contributed by atoms with van der Waals surface area (Å²) >= 11 is 0. The predicted octanol–water partition coefficient (Wildman–Crippen LogP) is 2.42. The maximum atomic E-state index is 3.26. The Bertz CT molecular complexity index is 413. The van der Waals surface area contributed by atoms with Crippen molar-refractivity contribution in [3.05, 3.63) is 36.5 Å². The van der Waals surface area contributed by atoms with Crippen LogP contribution in [0.2, 0.25) is 0 Å². The summed E-state index contributed by atoms with van der Waals surface area (Å²) in [7, 11) is 0. The van der Waals surface area contributed by atoms with E-state index in [0.717, 1.165) is 13.1 Å². The lowest BCUT2D eigenvalue weighted by Crippen LogP contribution is -2.33. The fourth-order valence-electron chi connectivity index (χ4n) is 1.74. The third-order valence-corrected chi connectivity index (χ3v) is 2.52. The number of rotatable bonds is 3. The van der Waals surface area contributed by atoms with Crippen molar-refractivity contribution in [2.24, 2.45) is 0 Å². The van der Waals surface area contributed by atoms with Crippen LogP contribution in [0.3, 0.4) is 0 Å². The molecule has 0 fully saturated rings. The van der Waals surface area contributed by atoms with Gasteiger partial charge in [-0.15, -0.1) is 0 Å². The Hall–Kier alpha value is -1.44. The summed E-state index contributed by atoms with van der Waals surface area (Å²) in [5, 5.41) is 3.50. The number of benzene rings is 1. The van der Waals surface area contributed by atoms with Gasteiger partial charge in [0, 0.05) is 18.5 Å². The van der Waals surface area contributed by atoms with Crippen LogP contribution in [0.5, 0.6) is 0 Å². The van der Waals surface area contributed by atoms with E-state index in [0.29, 0.717) is 0 Å². The van der Waals surface area contributed by atoms with E-state index < -0.39 is 0 Å². The second-order valence-corrected chi connectivity index (χ2v) is 3.28. The second kappa shape index (κ2) is 3.74. The Morgan fingerprint density at radius 3 is 2.64 bits per heavy atom. The van der Waals surface area contributed by atoms with Crippen LogP contribution in [-0.2, 0) is 0 Å². The van der Waals surface area contributed by atoms with Gasteiger partial charge in [0.15, 0.2) is 0 Å². The molecule has 1 heterocycles. The second-order valence-electron chi connectivity index (χ2n) is 3.28. The SMILES string of the molecule is CCN(CC)n1[c]cc2ccccc21. The lowest BCUT2D eigenvalue weighted by atomic mass is 10.3. The molecule has 0 spiro atoms. The number of hydrogen-bond donors (Lipinski definition) is 0. The standard InChI is InChI=1S/C12H15N2/c1-3-13(4-2)14-10-9-11-7-5-6-8-12(11)14/h5-9H,3-4H2,1-2H3. The molecule has 0 unspecified atom stereocenters. The first-order chi connectivity index (χ1) is 6.86. The van der Waals surface area contributed by atoms with Gasteiger partial charge in [-0.3, -0.25) is 4.68 Å². The van der Waals surface area contributed by atoms with E-state index in [2.05, 4.69) is 54.0 Å². The first kappa shape index (κ1) is 9.13. The third kappa shape index (κ3) is 1.37. The number of para-hydroxylation sites is 1. The van der Waals surface area contributed by atoms with Gasteiger partial charge in [-0.1, -0.05) is 18.2 Å². The fourth-order valence-corrected chi connectivity index (χ4v) is 1.74. The van der Waals surface area contributed by atoms with Crippen LogP contribution >= 0.6 is 0 Å². The molecule has 73 valence electrons. The molecule has 0 atom stereocenters. The quantitative estimate of drug-likeness (QED) is 0.716. The minimum absolute atomic E-state index is 1.01. The van der Waals surface area contributed by atoms with E-state index in [1.165, 1.54) is 10.9 Å². The molecule has 0 aliphatic heterocycles. The van der Waals surface area contributed by atoms with Crippen molar-refractivity contribution < 1.29 is 0 Å². The molecular formula is C12H15N2. The molecule has 0 amide bonds. The lowest BCUT2D eigenvalue weighted by Gasteiger charge is -2.23. The number of aromatic nitrogens is 1. The Kier molecular flexibility index (Phi) is 2.44. The molecule has 0 N–H and O–H groups in total. The van der Waals surface area contributed by atoms with Gasteiger partial charge in [-0.05, 0) is 26.0 Å². The summed E-state index contributed by atoms with van der Waals surface area (Å²) in [6, 6.07) is 10.4. The Balaban J connectivity index is 2.51. The first-order valence-corrected chi connectivity index (χ1v) is 5.10. The molecule has 2 nitrogen and oxygen atoms in total. The van der Waals surface area contributed by atoms with E-state index in [1.807, 2.05) is 6.07 Å². The van der Waals surface area contributed by atoms with Gasteiger partial charge in [-0.25, -0.2) is 0 Å². The predicted molar refractivity (Wildman–Crippen MR) is 60.1 cm³/mol. The van der Waals surface area contributed by atoms with Crippen molar-refractivity contribution in [2.45, 2.75) is 13.8 Å². The van der Waals surface area contributed by atoms with E-state index >= 15 is 0 Å². The molecule has 2 rings (SSSR count). The van der Waals surface area contributed by atoms with Crippen molar-refractivity contribution in [3.63, 3.8) is 0 Å². The largest absolute Gasteiger partial charge is 0.313 e. The molecule has 0 aliphatic carbocycles. The summed E-state index contributed by atoms with van der Waals surface area (Å²) < 4.78 is 2.11. The number of hydrogen-bond acceptors (Lipinski definition) is 1. The first-order valence-electron chi connectivity index (χ1n) is 5.10. The molecule has 0 aliphatic rings. The number of fused-ring (bicyclic) bond motifs is 1. The van der Waals surface area contributed by atoms with E-state index in [9.17, 15) is 0 Å². The average molecular weight is 187 g/mol. The minimum atomic E-state index is 1.01. The van der Waals surface area contributed by atoms with Gasteiger partial charge >= 0.3 is 0 Å². The Labute approximate surface area is 84.7 Å². The highest BCUT2D eigenvalue weighted by Crippen LogP contribution is 2.14. The third-order valence-electron chi connectivity index (χ3n) is 2.52. The summed E-state index contributed by atoms with van der Waals surface area (Å²) in [5.41, 5.74) is 1.23. The van der Waals surface area contributed by atoms with Crippen LogP contribution in [0, 0.1) is 6.20 Å². The summed E-state index contributed by atoms with van der Waals surface area (Å²) in [4.78, 5) is 0. The molecule has 2 heteroatoms. The van der Waals surface area contributed by atoms with Gasteiger partial charge in [-0.2, -0.15) is 0 Å². The summed E-state index contributed by atoms with van der Waals surface area (Å²) in [6.45, 7) is 6.33. The Morgan fingerprint density at radius 2 is 1.93 bits per heavy atom. The maximum Gasteiger partial charge on any atom is 0.0892 e. The van der Waals surface area contributed by atoms with Gasteiger partial charge in [0.05, 0.1) is 11.7 Å². The van der Waals surface area contributed by atoms with E-state index in [-0.39, 0.29) is 0 Å². The zero-order valence-corrected chi connectivity index (χ0v) is 8.70. The van der Waals surface area contributed by atoms with Crippen LogP contribution in [0.15, 0.2) is 30.3 Å². The fraction of sp³-hybridized carbons (Fsp3) is 0.333. The molecular weight excluding hydrogens is 172 g/mol. The van der Waals surface area contributed by atoms with E-state index in [4.69, 9.17) is 0 Å². The lowest BCUT2D eigenvalue weighted by molar-refractivity contribution is 0.636. The van der Waals surface area contributed by atoms with Gasteiger partial charge in [0.25, 0.3) is 0 Å². The van der Waals surface area contributed by atoms with Gasteiger partial charge in [0.2, 0.25) is 0 Å². The van der Waals surface area contributed by atoms with Crippen molar-refractivity contribution in [3.8, 4) is 0 Å². The smallest absolute Gasteiger partial charge is 0.0892 e. The molecule has 1 aromatic carbocycles. The highest BCUT2D eigenvalue weighted by atomic mass is 15.5. The summed E-state index contributed by atoms with van der Waals surface area (Å²) in [5.74, 6) is 0. The van der Waals surface area contributed by atoms with Crippen molar-refractivity contribution in [1.29, 1.82) is 0 Å². The molecule has 14 heavy (non-hydrogen) atoms. The molecule has 2 aromatic rings. The zero-order valence-electron chi connectivity index (χ0n) is 8.70. The molecule has 0 bridgehead atoms. The maximum absolute atomic E-state index is 3.26. The molecule has 1 radical (unpaired) electrons. The van der Waals surface area contributed by atoms with Crippen LogP contribution in [0.4, 0.5) is 0 Å². The minimum Gasteiger partial charge on any atom is -0.313 e. The van der Waals surface area contributed by atoms with Crippen LogP contribution in [-0.4, -0.2) is 17.8 Å². The van der Waals surface area contributed by atoms with Gasteiger partial charge < -0.3 is 5.01 Å². The van der Waals surface area contributed by atoms with Gasteiger partial charge in [0.1, 0.15) is 0 Å². The van der Waals surface area contributed by atoms with E-state index in [1.54, 1.807) is 0 Å². The molecule has 0 saturated heterocycles. The molecule has 1 aromatic heterocycles. The van der Waals surface area contributed by atoms with Crippen LogP contribution in [0.1, 0.15) is 13.8 Å². The highest BCUT2D eigenvalue weighted by Gasteiger charge is 2.04. The Morgan fingerprint density at radius 1 is 1.21 bits per heavy atom. The highest BCUT2D eigenvalue weighted by molar-refractivity contribution is 5.80. The van der Waals surface area contributed by atoms with Crippen LogP contribution < -0.4 is 5.01 Å². The summed E-state index contributed by atoms with van der Waals surface area (Å²) in [6.07, 6.45) is 3.26. The molecule has 0 saturated carbocycles. The van der Waals surface area contributed by atoms with Crippen LogP contribution in [0.25, 0.3) is 10.9 Å². The van der Waals surface area contributed by atoms with Crippen molar-refractivity contribution in [1.82, 2.24) is 4.68 Å². The number of nitrogens with zero attached hydrogens (tertiary/aromatic N) is 2. The van der Waals surface area contributed by atoms with Crippen molar-refractivity contribution in [2.75, 3.05) is 18.1 Å². The monoisotopic (exact) mass is 187 g/mol. The normalized spacial score (nSPS) is 10.7.